The van der Waals surface area contributed by atoms with Crippen molar-refractivity contribution in [2.24, 2.45) is 0 Å². The summed E-state index contributed by atoms with van der Waals surface area (Å²) in [6, 6.07) is 0. The first kappa shape index (κ1) is 9.67. The second kappa shape index (κ2) is 3.53. The Bertz CT molecular complexity index is 306. The molecule has 1 heterocycles. The number of rotatable bonds is 1. The predicted molar refractivity (Wildman–Crippen MR) is 46.3 cm³/mol. The van der Waals surface area contributed by atoms with E-state index in [1.165, 1.54) is 0 Å². The number of hydrogen-bond donors (Lipinski definition) is 1. The van der Waals surface area contributed by atoms with Gasteiger partial charge in [-0.05, 0) is 15.9 Å². The highest BCUT2D eigenvalue weighted by Gasteiger charge is 2.16. The molecule has 2 nitrogen and oxygen atoms in total. The Balaban J connectivity index is 3.27. The number of nitrogens with two attached hydrogens (primary N) is 1. The minimum absolute atomic E-state index is 0.0548. The van der Waals surface area contributed by atoms with Crippen LogP contribution in [0.2, 0.25) is 5.02 Å². The largest absolute Gasteiger partial charge is 0.396 e. The summed E-state index contributed by atoms with van der Waals surface area (Å²) in [6.45, 7) is 0. The van der Waals surface area contributed by atoms with Gasteiger partial charge in [0.25, 0.3) is 6.43 Å². The van der Waals surface area contributed by atoms with E-state index in [1.807, 2.05) is 0 Å². The zero-order valence-electron chi connectivity index (χ0n) is 5.69. The van der Waals surface area contributed by atoms with Crippen molar-refractivity contribution in [1.82, 2.24) is 4.98 Å². The number of alkyl halides is 2. The number of nitrogens with zero attached hydrogens (tertiary/aromatic N) is 1. The molecule has 0 aliphatic carbocycles. The number of anilines is 1. The first-order valence-electron chi connectivity index (χ1n) is 2.91. The molecule has 0 spiro atoms. The number of pyridine rings is 1. The van der Waals surface area contributed by atoms with E-state index in [2.05, 4.69) is 20.9 Å². The maximum atomic E-state index is 12.1. The summed E-state index contributed by atoms with van der Waals surface area (Å²) in [7, 11) is 0. The van der Waals surface area contributed by atoms with Crippen LogP contribution in [-0.2, 0) is 0 Å². The molecule has 0 amide bonds. The molecule has 0 fully saturated rings. The zero-order chi connectivity index (χ0) is 9.30. The van der Waals surface area contributed by atoms with Crippen molar-refractivity contribution in [2.75, 3.05) is 5.73 Å². The highest BCUT2D eigenvalue weighted by molar-refractivity contribution is 9.10. The van der Waals surface area contributed by atoms with Crippen molar-refractivity contribution in [2.45, 2.75) is 6.43 Å². The maximum Gasteiger partial charge on any atom is 0.281 e. The lowest BCUT2D eigenvalue weighted by Gasteiger charge is -2.05. The standard InChI is InChI=1S/C6H4BrClF2N2/c7-3-4(8)2(11)1-12-5(3)6(9)10/h1,6H,11H2. The molecule has 1 aromatic rings. The van der Waals surface area contributed by atoms with Crippen molar-refractivity contribution < 1.29 is 8.78 Å². The third kappa shape index (κ3) is 1.67. The molecule has 0 unspecified atom stereocenters. The summed E-state index contributed by atoms with van der Waals surface area (Å²) in [5.74, 6) is 0. The van der Waals surface area contributed by atoms with Gasteiger partial charge in [0.2, 0.25) is 0 Å². The highest BCUT2D eigenvalue weighted by atomic mass is 79.9. The quantitative estimate of drug-likeness (QED) is 0.840. The zero-order valence-corrected chi connectivity index (χ0v) is 8.03. The van der Waals surface area contributed by atoms with Crippen molar-refractivity contribution in [3.8, 4) is 0 Å². The third-order valence-electron chi connectivity index (χ3n) is 1.22. The molecule has 0 aromatic carbocycles. The fourth-order valence-electron chi connectivity index (χ4n) is 0.644. The minimum atomic E-state index is -2.66. The van der Waals surface area contributed by atoms with E-state index < -0.39 is 12.1 Å². The summed E-state index contributed by atoms with van der Waals surface area (Å²) in [5, 5.41) is 0.0697. The molecule has 0 aliphatic heterocycles. The molecule has 0 saturated carbocycles. The molecule has 0 bridgehead atoms. The fourth-order valence-corrected chi connectivity index (χ4v) is 1.29. The Morgan fingerprint density at radius 3 is 2.67 bits per heavy atom. The smallest absolute Gasteiger partial charge is 0.281 e. The molecule has 6 heteroatoms. The van der Waals surface area contributed by atoms with Crippen LogP contribution in [0.1, 0.15) is 12.1 Å². The van der Waals surface area contributed by atoms with Gasteiger partial charge in [-0.3, -0.25) is 4.98 Å². The molecule has 0 saturated heterocycles. The van der Waals surface area contributed by atoms with Gasteiger partial charge in [-0.1, -0.05) is 11.6 Å². The normalized spacial score (nSPS) is 10.8. The van der Waals surface area contributed by atoms with Crippen LogP contribution in [0.3, 0.4) is 0 Å². The number of aromatic nitrogens is 1. The molecule has 1 aromatic heterocycles. The van der Waals surface area contributed by atoms with Crippen LogP contribution in [0, 0.1) is 0 Å². The van der Waals surface area contributed by atoms with E-state index in [-0.39, 0.29) is 15.2 Å². The van der Waals surface area contributed by atoms with Gasteiger partial charge in [0.05, 0.1) is 21.4 Å². The van der Waals surface area contributed by atoms with Gasteiger partial charge >= 0.3 is 0 Å². The third-order valence-corrected chi connectivity index (χ3v) is 2.66. The molecule has 0 aliphatic rings. The van der Waals surface area contributed by atoms with E-state index in [9.17, 15) is 8.78 Å². The van der Waals surface area contributed by atoms with Gasteiger partial charge in [-0.2, -0.15) is 0 Å². The summed E-state index contributed by atoms with van der Waals surface area (Å²) in [5.41, 5.74) is 5.10. The van der Waals surface area contributed by atoms with E-state index in [1.54, 1.807) is 0 Å². The topological polar surface area (TPSA) is 38.9 Å². The SMILES string of the molecule is Nc1cnc(C(F)F)c(Br)c1Cl. The first-order valence-corrected chi connectivity index (χ1v) is 4.08. The maximum absolute atomic E-state index is 12.1. The Kier molecular flexibility index (Phi) is 2.85. The second-order valence-corrected chi connectivity index (χ2v) is 3.20. The molecule has 2 N–H and O–H groups in total. The number of nitrogen functional groups attached to an aromatic ring is 1. The second-order valence-electron chi connectivity index (χ2n) is 2.03. The van der Waals surface area contributed by atoms with Gasteiger partial charge in [0.1, 0.15) is 5.69 Å². The van der Waals surface area contributed by atoms with Crippen molar-refractivity contribution >= 4 is 33.2 Å². The summed E-state index contributed by atoms with van der Waals surface area (Å²) in [4.78, 5) is 3.43. The Morgan fingerprint density at radius 1 is 1.58 bits per heavy atom. The number of hydrogen-bond acceptors (Lipinski definition) is 2. The Morgan fingerprint density at radius 2 is 2.17 bits per heavy atom. The van der Waals surface area contributed by atoms with E-state index in [0.29, 0.717) is 0 Å². The van der Waals surface area contributed by atoms with Gasteiger partial charge in [0.15, 0.2) is 0 Å². The van der Waals surface area contributed by atoms with Crippen LogP contribution in [0.15, 0.2) is 10.7 Å². The molecular weight excluding hydrogens is 253 g/mol. The van der Waals surface area contributed by atoms with Crippen LogP contribution in [-0.4, -0.2) is 4.98 Å². The lowest BCUT2D eigenvalue weighted by atomic mass is 10.3. The van der Waals surface area contributed by atoms with Crippen molar-refractivity contribution in [3.05, 3.63) is 21.4 Å². The molecule has 12 heavy (non-hydrogen) atoms. The monoisotopic (exact) mass is 256 g/mol. The van der Waals surface area contributed by atoms with Gasteiger partial charge < -0.3 is 5.73 Å². The van der Waals surface area contributed by atoms with Crippen LogP contribution < -0.4 is 5.73 Å². The van der Waals surface area contributed by atoms with E-state index in [4.69, 9.17) is 17.3 Å². The van der Waals surface area contributed by atoms with Crippen molar-refractivity contribution in [3.63, 3.8) is 0 Å². The average Bonchev–Trinajstić information content (AvgIpc) is 2.00. The number of halogens is 4. The lowest BCUT2D eigenvalue weighted by Crippen LogP contribution is -1.96. The Hall–Kier alpha value is -0.420. The molecule has 0 atom stereocenters. The predicted octanol–water partition coefficient (Wildman–Crippen LogP) is 3.02. The average molecular weight is 257 g/mol. The molecule has 0 radical (unpaired) electrons. The van der Waals surface area contributed by atoms with E-state index in [0.717, 1.165) is 6.20 Å². The highest BCUT2D eigenvalue weighted by Crippen LogP contribution is 2.34. The van der Waals surface area contributed by atoms with Crippen LogP contribution in [0.25, 0.3) is 0 Å². The summed E-state index contributed by atoms with van der Waals surface area (Å²) >= 11 is 8.46. The van der Waals surface area contributed by atoms with Gasteiger partial charge in [0, 0.05) is 0 Å². The van der Waals surface area contributed by atoms with Crippen LogP contribution >= 0.6 is 27.5 Å². The summed E-state index contributed by atoms with van der Waals surface area (Å²) < 4.78 is 24.4. The van der Waals surface area contributed by atoms with Crippen molar-refractivity contribution in [1.29, 1.82) is 0 Å². The van der Waals surface area contributed by atoms with Gasteiger partial charge in [-0.15, -0.1) is 0 Å². The lowest BCUT2D eigenvalue weighted by molar-refractivity contribution is 0.145. The fraction of sp³-hybridized carbons (Fsp3) is 0.167. The van der Waals surface area contributed by atoms with Gasteiger partial charge in [-0.25, -0.2) is 8.78 Å². The summed E-state index contributed by atoms with van der Waals surface area (Å²) in [6.07, 6.45) is -1.55. The molecule has 66 valence electrons. The molecule has 1 rings (SSSR count). The Labute approximate surface area is 80.9 Å². The van der Waals surface area contributed by atoms with Crippen LogP contribution in [0.5, 0.6) is 0 Å². The first-order chi connectivity index (χ1) is 5.54. The van der Waals surface area contributed by atoms with E-state index >= 15 is 0 Å². The molecular formula is C6H4BrClF2N2. The minimum Gasteiger partial charge on any atom is -0.396 e. The van der Waals surface area contributed by atoms with Crippen LogP contribution in [0.4, 0.5) is 14.5 Å².